The fourth-order valence-corrected chi connectivity index (χ4v) is 5.45. The normalized spacial score (nSPS) is 21.6. The summed E-state index contributed by atoms with van der Waals surface area (Å²) in [5.41, 5.74) is 3.04. The lowest BCUT2D eigenvalue weighted by Crippen LogP contribution is -2.59. The van der Waals surface area contributed by atoms with Crippen molar-refractivity contribution in [3.8, 4) is 11.6 Å². The average Bonchev–Trinajstić information content (AvgIpc) is 3.27. The SMILES string of the molecule is Cc1ccc(Oc2ccc(NC(=O)NCC3(N4CCOCC4)CCSC3)cn2)cc1C. The number of ether oxygens (including phenoxy) is 2. The first-order valence-corrected chi connectivity index (χ1v) is 11.9. The van der Waals surface area contributed by atoms with Crippen molar-refractivity contribution in [1.82, 2.24) is 15.2 Å². The maximum Gasteiger partial charge on any atom is 0.319 e. The molecule has 0 bridgehead atoms. The summed E-state index contributed by atoms with van der Waals surface area (Å²) in [6.45, 7) is 8.13. The second-order valence-corrected chi connectivity index (χ2v) is 9.27. The van der Waals surface area contributed by atoms with Crippen molar-refractivity contribution in [2.45, 2.75) is 25.8 Å². The standard InChI is InChI=1S/C23H30N4O3S/c1-17-3-5-20(13-18(17)2)30-21-6-4-19(14-24-21)26-22(28)25-15-23(7-12-31-16-23)27-8-10-29-11-9-27/h3-6,13-14H,7-12,15-16H2,1-2H3,(H2,25,26,28). The molecule has 2 aromatic rings. The first kappa shape index (κ1) is 21.9. The third-order valence-corrected chi connectivity index (χ3v) is 7.27. The third-order valence-electron chi connectivity index (χ3n) is 6.04. The summed E-state index contributed by atoms with van der Waals surface area (Å²) in [6, 6.07) is 9.28. The van der Waals surface area contributed by atoms with Crippen LogP contribution in [0.2, 0.25) is 0 Å². The topological polar surface area (TPSA) is 75.7 Å². The summed E-state index contributed by atoms with van der Waals surface area (Å²) < 4.78 is 11.3. The Morgan fingerprint density at radius 1 is 1.23 bits per heavy atom. The zero-order chi connectivity index (χ0) is 21.7. The highest BCUT2D eigenvalue weighted by Gasteiger charge is 2.40. The summed E-state index contributed by atoms with van der Waals surface area (Å²) in [5.74, 6) is 3.41. The van der Waals surface area contributed by atoms with Gasteiger partial charge in [0, 0.05) is 37.0 Å². The lowest BCUT2D eigenvalue weighted by atomic mass is 9.95. The van der Waals surface area contributed by atoms with E-state index >= 15 is 0 Å². The molecule has 2 aliphatic heterocycles. The van der Waals surface area contributed by atoms with Gasteiger partial charge >= 0.3 is 6.03 Å². The number of nitrogens with zero attached hydrogens (tertiary/aromatic N) is 2. The third kappa shape index (κ3) is 5.50. The average molecular weight is 443 g/mol. The van der Waals surface area contributed by atoms with E-state index in [9.17, 15) is 4.79 Å². The van der Waals surface area contributed by atoms with Crippen molar-refractivity contribution in [2.24, 2.45) is 0 Å². The summed E-state index contributed by atoms with van der Waals surface area (Å²) in [4.78, 5) is 19.3. The van der Waals surface area contributed by atoms with Crippen LogP contribution in [0, 0.1) is 13.8 Å². The van der Waals surface area contributed by atoms with Crippen LogP contribution >= 0.6 is 11.8 Å². The van der Waals surface area contributed by atoms with Gasteiger partial charge in [-0.2, -0.15) is 11.8 Å². The number of hydrogen-bond donors (Lipinski definition) is 2. The van der Waals surface area contributed by atoms with Crippen molar-refractivity contribution < 1.29 is 14.3 Å². The molecule has 7 nitrogen and oxygen atoms in total. The number of aryl methyl sites for hydroxylation is 2. The van der Waals surface area contributed by atoms with Crippen LogP contribution in [0.5, 0.6) is 11.6 Å². The van der Waals surface area contributed by atoms with Gasteiger partial charge in [0.05, 0.1) is 25.1 Å². The molecule has 0 aliphatic carbocycles. The van der Waals surface area contributed by atoms with Crippen LogP contribution in [0.15, 0.2) is 36.5 Å². The fourth-order valence-electron chi connectivity index (χ4n) is 3.97. The summed E-state index contributed by atoms with van der Waals surface area (Å²) in [6.07, 6.45) is 2.70. The molecule has 1 aromatic carbocycles. The molecule has 3 heterocycles. The number of rotatable bonds is 6. The molecule has 2 fully saturated rings. The van der Waals surface area contributed by atoms with E-state index in [1.54, 1.807) is 18.3 Å². The monoisotopic (exact) mass is 442 g/mol. The lowest BCUT2D eigenvalue weighted by molar-refractivity contribution is -0.0123. The van der Waals surface area contributed by atoms with Gasteiger partial charge in [-0.3, -0.25) is 4.90 Å². The van der Waals surface area contributed by atoms with E-state index in [-0.39, 0.29) is 11.6 Å². The van der Waals surface area contributed by atoms with Crippen LogP contribution in [0.3, 0.4) is 0 Å². The fraction of sp³-hybridized carbons (Fsp3) is 0.478. The van der Waals surface area contributed by atoms with Gasteiger partial charge in [0.15, 0.2) is 0 Å². The highest BCUT2D eigenvalue weighted by Crippen LogP contribution is 2.33. The molecule has 2 N–H and O–H groups in total. The predicted molar refractivity (Wildman–Crippen MR) is 124 cm³/mol. The van der Waals surface area contributed by atoms with Crippen molar-refractivity contribution in [2.75, 3.05) is 49.7 Å². The van der Waals surface area contributed by atoms with E-state index in [2.05, 4.69) is 34.4 Å². The Balaban J connectivity index is 1.30. The van der Waals surface area contributed by atoms with Crippen LogP contribution in [0.25, 0.3) is 0 Å². The van der Waals surface area contributed by atoms with Crippen molar-refractivity contribution in [1.29, 1.82) is 0 Å². The van der Waals surface area contributed by atoms with Gasteiger partial charge in [-0.25, -0.2) is 9.78 Å². The van der Waals surface area contributed by atoms with Crippen LogP contribution in [0.1, 0.15) is 17.5 Å². The molecule has 4 rings (SSSR count). The number of amides is 2. The minimum absolute atomic E-state index is 0.0217. The molecule has 1 atom stereocenters. The highest BCUT2D eigenvalue weighted by atomic mass is 32.2. The number of morpholine rings is 1. The molecule has 2 aliphatic rings. The zero-order valence-electron chi connectivity index (χ0n) is 18.1. The number of benzene rings is 1. The minimum Gasteiger partial charge on any atom is -0.439 e. The van der Waals surface area contributed by atoms with Gasteiger partial charge in [-0.05, 0) is 55.3 Å². The molecule has 1 aromatic heterocycles. The Hall–Kier alpha value is -2.29. The molecular formula is C23H30N4O3S. The van der Waals surface area contributed by atoms with Crippen LogP contribution in [-0.4, -0.2) is 65.8 Å². The molecule has 2 saturated heterocycles. The van der Waals surface area contributed by atoms with E-state index in [4.69, 9.17) is 9.47 Å². The second kappa shape index (κ2) is 9.89. The van der Waals surface area contributed by atoms with Crippen LogP contribution in [0.4, 0.5) is 10.5 Å². The molecule has 31 heavy (non-hydrogen) atoms. The van der Waals surface area contributed by atoms with Gasteiger partial charge in [0.25, 0.3) is 0 Å². The summed E-state index contributed by atoms with van der Waals surface area (Å²) in [7, 11) is 0. The van der Waals surface area contributed by atoms with Crippen molar-refractivity contribution >= 4 is 23.5 Å². The quantitative estimate of drug-likeness (QED) is 0.708. The number of nitrogens with one attached hydrogen (secondary N) is 2. The highest BCUT2D eigenvalue weighted by molar-refractivity contribution is 7.99. The van der Waals surface area contributed by atoms with E-state index in [0.717, 1.165) is 50.0 Å². The van der Waals surface area contributed by atoms with Crippen molar-refractivity contribution in [3.63, 3.8) is 0 Å². The minimum atomic E-state index is -0.214. The Morgan fingerprint density at radius 2 is 2.06 bits per heavy atom. The first-order valence-electron chi connectivity index (χ1n) is 10.7. The number of anilines is 1. The first-order chi connectivity index (χ1) is 15.0. The van der Waals surface area contributed by atoms with E-state index in [1.807, 2.05) is 30.0 Å². The summed E-state index contributed by atoms with van der Waals surface area (Å²) >= 11 is 1.96. The molecule has 1 unspecified atom stereocenters. The van der Waals surface area contributed by atoms with Gasteiger partial charge in [0.2, 0.25) is 5.88 Å². The Morgan fingerprint density at radius 3 is 2.74 bits per heavy atom. The number of hydrogen-bond acceptors (Lipinski definition) is 6. The lowest BCUT2D eigenvalue weighted by Gasteiger charge is -2.43. The largest absolute Gasteiger partial charge is 0.439 e. The molecule has 0 radical (unpaired) electrons. The molecule has 8 heteroatoms. The maximum atomic E-state index is 12.5. The van der Waals surface area contributed by atoms with E-state index in [1.165, 1.54) is 11.1 Å². The smallest absolute Gasteiger partial charge is 0.319 e. The van der Waals surface area contributed by atoms with Gasteiger partial charge < -0.3 is 20.1 Å². The molecule has 0 saturated carbocycles. The van der Waals surface area contributed by atoms with E-state index < -0.39 is 0 Å². The van der Waals surface area contributed by atoms with Gasteiger partial charge in [-0.1, -0.05) is 6.07 Å². The van der Waals surface area contributed by atoms with Crippen molar-refractivity contribution in [3.05, 3.63) is 47.7 Å². The Labute approximate surface area is 187 Å². The van der Waals surface area contributed by atoms with E-state index in [0.29, 0.717) is 18.1 Å². The number of thioether (sulfide) groups is 1. The molecular weight excluding hydrogens is 412 g/mol. The van der Waals surface area contributed by atoms with Gasteiger partial charge in [0.1, 0.15) is 5.75 Å². The molecule has 166 valence electrons. The number of pyridine rings is 1. The predicted octanol–water partition coefficient (Wildman–Crippen LogP) is 3.82. The number of carbonyl (C=O) groups excluding carboxylic acids is 1. The maximum absolute atomic E-state index is 12.5. The van der Waals surface area contributed by atoms with Crippen LogP contribution < -0.4 is 15.4 Å². The summed E-state index contributed by atoms with van der Waals surface area (Å²) in [5, 5.41) is 5.95. The van der Waals surface area contributed by atoms with Gasteiger partial charge in [-0.15, -0.1) is 0 Å². The Kier molecular flexibility index (Phi) is 6.99. The zero-order valence-corrected chi connectivity index (χ0v) is 19.0. The molecule has 0 spiro atoms. The number of urea groups is 1. The van der Waals surface area contributed by atoms with Crippen LogP contribution in [-0.2, 0) is 4.74 Å². The number of aromatic nitrogens is 1. The number of carbonyl (C=O) groups is 1. The second-order valence-electron chi connectivity index (χ2n) is 8.17. The molecule has 2 amide bonds. The Bertz CT molecular complexity index is 894.